The van der Waals surface area contributed by atoms with E-state index in [1.807, 2.05) is 0 Å². The normalized spacial score (nSPS) is 10.3. The molecule has 0 fully saturated rings. The number of hydrogen-bond donors (Lipinski definition) is 2. The van der Waals surface area contributed by atoms with E-state index in [2.05, 4.69) is 38.4 Å². The molecule has 2 N–H and O–H groups in total. The number of hydrogen-bond acceptors (Lipinski definition) is 5. The first kappa shape index (κ1) is 20.2. The lowest BCUT2D eigenvalue weighted by atomic mass is 10.2. The highest BCUT2D eigenvalue weighted by Crippen LogP contribution is 2.27. The quantitative estimate of drug-likeness (QED) is 0.305. The maximum Gasteiger partial charge on any atom is 0.329 e. The monoisotopic (exact) mass is 431 g/mol. The number of benzene rings is 2. The first-order valence-corrected chi connectivity index (χ1v) is 8.64. The fraction of sp³-hybridized carbons (Fsp3) is 0.105. The second-order valence-electron chi connectivity index (χ2n) is 5.17. The smallest absolute Gasteiger partial charge is 0.329 e. The molecular weight excluding hydrogens is 414 g/mol. The van der Waals surface area contributed by atoms with Crippen molar-refractivity contribution in [2.24, 2.45) is 5.10 Å². The van der Waals surface area contributed by atoms with E-state index in [4.69, 9.17) is 9.47 Å². The van der Waals surface area contributed by atoms with Gasteiger partial charge in [0.15, 0.2) is 11.5 Å². The number of anilines is 1. The summed E-state index contributed by atoms with van der Waals surface area (Å²) in [6.07, 6.45) is 3.02. The van der Waals surface area contributed by atoms with Crippen LogP contribution in [0.1, 0.15) is 5.56 Å². The molecule has 0 aliphatic carbocycles. The van der Waals surface area contributed by atoms with Gasteiger partial charge in [-0.05, 0) is 48.0 Å². The maximum atomic E-state index is 11.8. The molecule has 0 saturated carbocycles. The van der Waals surface area contributed by atoms with Gasteiger partial charge in [0.25, 0.3) is 0 Å². The summed E-state index contributed by atoms with van der Waals surface area (Å²) in [7, 11) is 1.52. The largest absolute Gasteiger partial charge is 0.493 e. The van der Waals surface area contributed by atoms with Crippen molar-refractivity contribution in [2.45, 2.75) is 0 Å². The summed E-state index contributed by atoms with van der Waals surface area (Å²) in [6, 6.07) is 12.0. The number of rotatable bonds is 7. The molecule has 2 aromatic carbocycles. The Labute approximate surface area is 165 Å². The van der Waals surface area contributed by atoms with E-state index in [0.717, 1.165) is 4.47 Å². The first-order valence-electron chi connectivity index (χ1n) is 7.85. The minimum absolute atomic E-state index is 0.354. The average Bonchev–Trinajstić information content (AvgIpc) is 2.68. The van der Waals surface area contributed by atoms with Crippen molar-refractivity contribution in [3.63, 3.8) is 0 Å². The second-order valence-corrected chi connectivity index (χ2v) is 6.09. The molecule has 140 valence electrons. The predicted octanol–water partition coefficient (Wildman–Crippen LogP) is 3.11. The zero-order valence-electron chi connectivity index (χ0n) is 14.6. The van der Waals surface area contributed by atoms with Gasteiger partial charge in [0.05, 0.1) is 13.3 Å². The number of halogens is 1. The summed E-state index contributed by atoms with van der Waals surface area (Å²) in [4.78, 5) is 23.6. The van der Waals surface area contributed by atoms with Gasteiger partial charge in [-0.15, -0.1) is 0 Å². The summed E-state index contributed by atoms with van der Waals surface area (Å²) in [5.74, 6) is -0.625. The molecule has 0 heterocycles. The van der Waals surface area contributed by atoms with Gasteiger partial charge in [-0.2, -0.15) is 5.10 Å². The van der Waals surface area contributed by atoms with Gasteiger partial charge in [0.2, 0.25) is 0 Å². The lowest BCUT2D eigenvalue weighted by molar-refractivity contribution is -0.136. The highest BCUT2D eigenvalue weighted by molar-refractivity contribution is 9.10. The number of hydrazone groups is 1. The highest BCUT2D eigenvalue weighted by Gasteiger charge is 2.12. The van der Waals surface area contributed by atoms with Crippen LogP contribution in [0.2, 0.25) is 0 Å². The molecule has 0 aliphatic heterocycles. The standard InChI is InChI=1S/C19H18BrN3O4/c1-3-10-27-16-9-4-13(11-17(16)26-2)12-21-23-19(25)18(24)22-15-7-5-14(20)6-8-15/h3-9,11-12H,1,10H2,2H3,(H,22,24)(H,23,25)/b21-12-. The molecule has 2 aromatic rings. The molecule has 0 radical (unpaired) electrons. The molecule has 27 heavy (non-hydrogen) atoms. The van der Waals surface area contributed by atoms with Crippen molar-refractivity contribution >= 4 is 39.6 Å². The van der Waals surface area contributed by atoms with E-state index < -0.39 is 11.8 Å². The molecule has 0 saturated heterocycles. The molecule has 8 heteroatoms. The van der Waals surface area contributed by atoms with Crippen LogP contribution in [0.4, 0.5) is 5.69 Å². The van der Waals surface area contributed by atoms with Gasteiger partial charge in [0, 0.05) is 10.2 Å². The van der Waals surface area contributed by atoms with E-state index in [-0.39, 0.29) is 0 Å². The van der Waals surface area contributed by atoms with Crippen LogP contribution in [-0.4, -0.2) is 31.7 Å². The predicted molar refractivity (Wildman–Crippen MR) is 107 cm³/mol. The second kappa shape index (κ2) is 10.1. The fourth-order valence-electron chi connectivity index (χ4n) is 1.97. The Bertz CT molecular complexity index is 851. The van der Waals surface area contributed by atoms with Crippen molar-refractivity contribution in [1.29, 1.82) is 0 Å². The molecule has 0 atom stereocenters. The number of methoxy groups -OCH3 is 1. The van der Waals surface area contributed by atoms with Gasteiger partial charge in [0.1, 0.15) is 6.61 Å². The third-order valence-corrected chi connectivity index (χ3v) is 3.76. The van der Waals surface area contributed by atoms with Gasteiger partial charge >= 0.3 is 11.8 Å². The van der Waals surface area contributed by atoms with E-state index >= 15 is 0 Å². The third kappa shape index (κ3) is 6.27. The van der Waals surface area contributed by atoms with Gasteiger partial charge in [-0.25, -0.2) is 5.43 Å². The molecule has 0 aliphatic rings. The lowest BCUT2D eigenvalue weighted by Crippen LogP contribution is -2.32. The van der Waals surface area contributed by atoms with Crippen LogP contribution in [0.15, 0.2) is 64.7 Å². The van der Waals surface area contributed by atoms with Gasteiger partial charge in [-0.1, -0.05) is 28.6 Å². The summed E-state index contributed by atoms with van der Waals surface area (Å²) in [5, 5.41) is 6.25. The Balaban J connectivity index is 1.93. The number of carbonyl (C=O) groups excluding carboxylic acids is 2. The number of amides is 2. The molecule has 0 bridgehead atoms. The Kier molecular flexibility index (Phi) is 7.57. The van der Waals surface area contributed by atoms with Crippen LogP contribution in [0, 0.1) is 0 Å². The SMILES string of the molecule is C=CCOc1ccc(/C=N\NC(=O)C(=O)Nc2ccc(Br)cc2)cc1OC. The van der Waals surface area contributed by atoms with Gasteiger partial charge < -0.3 is 14.8 Å². The van der Waals surface area contributed by atoms with E-state index in [0.29, 0.717) is 29.4 Å². The Morgan fingerprint density at radius 2 is 1.89 bits per heavy atom. The van der Waals surface area contributed by atoms with Crippen LogP contribution < -0.4 is 20.2 Å². The van der Waals surface area contributed by atoms with E-state index in [9.17, 15) is 9.59 Å². The topological polar surface area (TPSA) is 89.0 Å². The van der Waals surface area contributed by atoms with Crippen molar-refractivity contribution in [3.05, 3.63) is 65.2 Å². The number of carbonyl (C=O) groups is 2. The van der Waals surface area contributed by atoms with Crippen molar-refractivity contribution in [2.75, 3.05) is 19.0 Å². The molecular formula is C19H18BrN3O4. The van der Waals surface area contributed by atoms with Crippen molar-refractivity contribution in [1.82, 2.24) is 5.43 Å². The van der Waals surface area contributed by atoms with Crippen LogP contribution in [0.25, 0.3) is 0 Å². The van der Waals surface area contributed by atoms with Gasteiger partial charge in [-0.3, -0.25) is 9.59 Å². The average molecular weight is 432 g/mol. The summed E-state index contributed by atoms with van der Waals surface area (Å²) >= 11 is 3.29. The van der Waals surface area contributed by atoms with Crippen molar-refractivity contribution in [3.8, 4) is 11.5 Å². The third-order valence-electron chi connectivity index (χ3n) is 3.23. The van der Waals surface area contributed by atoms with Crippen LogP contribution >= 0.6 is 15.9 Å². The summed E-state index contributed by atoms with van der Waals surface area (Å²) in [5.41, 5.74) is 3.33. The molecule has 7 nitrogen and oxygen atoms in total. The minimum Gasteiger partial charge on any atom is -0.493 e. The first-order chi connectivity index (χ1) is 13.0. The minimum atomic E-state index is -0.882. The Morgan fingerprint density at radius 3 is 2.56 bits per heavy atom. The van der Waals surface area contributed by atoms with E-state index in [1.165, 1.54) is 13.3 Å². The molecule has 0 unspecified atom stereocenters. The molecule has 2 amide bonds. The highest BCUT2D eigenvalue weighted by atomic mass is 79.9. The van der Waals surface area contributed by atoms with Crippen molar-refractivity contribution < 1.29 is 19.1 Å². The maximum absolute atomic E-state index is 11.8. The van der Waals surface area contributed by atoms with Crippen LogP contribution in [0.5, 0.6) is 11.5 Å². The zero-order chi connectivity index (χ0) is 19.6. The molecule has 0 aromatic heterocycles. The number of ether oxygens (including phenoxy) is 2. The lowest BCUT2D eigenvalue weighted by Gasteiger charge is -2.09. The Morgan fingerprint density at radius 1 is 1.15 bits per heavy atom. The summed E-state index contributed by atoms with van der Waals surface area (Å²) in [6.45, 7) is 3.94. The number of nitrogens with one attached hydrogen (secondary N) is 2. The zero-order valence-corrected chi connectivity index (χ0v) is 16.2. The molecule has 2 rings (SSSR count). The number of nitrogens with zero attached hydrogens (tertiary/aromatic N) is 1. The van der Waals surface area contributed by atoms with Crippen LogP contribution in [0.3, 0.4) is 0 Å². The fourth-order valence-corrected chi connectivity index (χ4v) is 2.23. The Hall–Kier alpha value is -3.13. The summed E-state index contributed by atoms with van der Waals surface area (Å²) < 4.78 is 11.6. The molecule has 0 spiro atoms. The van der Waals surface area contributed by atoms with E-state index in [1.54, 1.807) is 48.5 Å². The van der Waals surface area contributed by atoms with Crippen LogP contribution in [-0.2, 0) is 9.59 Å².